The Morgan fingerprint density at radius 1 is 1.06 bits per heavy atom. The average Bonchev–Trinajstić information content (AvgIpc) is 3.45. The lowest BCUT2D eigenvalue weighted by atomic mass is 9.53. The van der Waals surface area contributed by atoms with E-state index in [2.05, 4.69) is 0 Å². The van der Waals surface area contributed by atoms with E-state index in [-0.39, 0.29) is 13.6 Å². The monoisotopic (exact) mass is 447 g/mol. The van der Waals surface area contributed by atoms with Gasteiger partial charge >= 0.3 is 5.97 Å². The highest BCUT2D eigenvalue weighted by atomic mass is 16.7. The minimum atomic E-state index is -1.40. The molecule has 0 saturated heterocycles. The van der Waals surface area contributed by atoms with Gasteiger partial charge in [-0.1, -0.05) is 6.07 Å². The molecule has 9 nitrogen and oxygen atoms in total. The first-order valence-corrected chi connectivity index (χ1v) is 10.6. The second-order valence-corrected chi connectivity index (χ2v) is 8.93. The summed E-state index contributed by atoms with van der Waals surface area (Å²) in [5, 5.41) is 24.4. The Hall–Kier alpha value is -4.01. The maximum absolute atomic E-state index is 12.6. The van der Waals surface area contributed by atoms with Crippen LogP contribution in [0.5, 0.6) is 23.0 Å². The Morgan fingerprint density at radius 2 is 1.79 bits per heavy atom. The van der Waals surface area contributed by atoms with Gasteiger partial charge in [0.05, 0.1) is 16.4 Å². The SMILES string of the molecule is C[C@]12c3ccc4c(c3[C@H]([C@H](C(=O)O)[C@H]1C(=O)[O-])[n+]1ccc3cc5c(cc3c12)OCO5)OCO4. The standard InChI is InChI=1S/C24H17NO8/c1-24-12-2-3-13-20(33-9-30-13)16(12)19(17(22(26)27)18(24)23(28)29)25-5-4-10-6-14-15(32-8-31-14)7-11(10)21(24)25/h2-7,17-19H,8-9H2,1H3,(H-,26,27,28,29)/t17-,18+,19-,24+/m1/s1. The van der Waals surface area contributed by atoms with Crippen molar-refractivity contribution in [1.82, 2.24) is 0 Å². The van der Waals surface area contributed by atoms with Gasteiger partial charge in [-0.15, -0.1) is 0 Å². The highest BCUT2D eigenvalue weighted by Crippen LogP contribution is 2.60. The van der Waals surface area contributed by atoms with Gasteiger partial charge in [0.15, 0.2) is 29.2 Å². The molecule has 8 rings (SSSR count). The third kappa shape index (κ3) is 2.05. The zero-order chi connectivity index (χ0) is 22.6. The van der Waals surface area contributed by atoms with Crippen molar-refractivity contribution < 1.29 is 43.3 Å². The number of fused-ring (bicyclic) bond motifs is 4. The molecule has 4 aliphatic heterocycles. The first-order valence-electron chi connectivity index (χ1n) is 10.6. The van der Waals surface area contributed by atoms with Crippen LogP contribution in [0.25, 0.3) is 10.8 Å². The van der Waals surface area contributed by atoms with Crippen LogP contribution in [0.1, 0.15) is 29.8 Å². The highest BCUT2D eigenvalue weighted by molar-refractivity contribution is 5.92. The van der Waals surface area contributed by atoms with Gasteiger partial charge in [0.25, 0.3) is 0 Å². The number of rotatable bonds is 2. The number of carboxylic acids is 2. The van der Waals surface area contributed by atoms with E-state index < -0.39 is 35.2 Å². The number of pyridine rings is 1. The molecule has 3 aromatic rings. The molecule has 0 radical (unpaired) electrons. The van der Waals surface area contributed by atoms with E-state index in [1.807, 2.05) is 35.0 Å². The lowest BCUT2D eigenvalue weighted by Crippen LogP contribution is -2.69. The second kappa shape index (κ2) is 5.86. The summed E-state index contributed by atoms with van der Waals surface area (Å²) in [6.45, 7) is 1.90. The quantitative estimate of drug-likeness (QED) is 0.575. The van der Waals surface area contributed by atoms with Gasteiger partial charge < -0.3 is 34.0 Å². The molecule has 4 atom stereocenters. The minimum absolute atomic E-state index is 0.0234. The van der Waals surface area contributed by atoms with E-state index in [4.69, 9.17) is 18.9 Å². The zero-order valence-electron chi connectivity index (χ0n) is 17.4. The van der Waals surface area contributed by atoms with Crippen molar-refractivity contribution in [3.05, 3.63) is 53.3 Å². The summed E-state index contributed by atoms with van der Waals surface area (Å²) in [7, 11) is 0. The van der Waals surface area contributed by atoms with Gasteiger partial charge in [-0.05, 0) is 36.1 Å². The van der Waals surface area contributed by atoms with Crippen LogP contribution >= 0.6 is 0 Å². The zero-order valence-corrected chi connectivity index (χ0v) is 17.4. The lowest BCUT2D eigenvalue weighted by molar-refractivity contribution is -0.739. The Morgan fingerprint density at radius 3 is 2.55 bits per heavy atom. The molecule has 2 bridgehead atoms. The van der Waals surface area contributed by atoms with E-state index in [1.54, 1.807) is 13.0 Å². The maximum atomic E-state index is 12.6. The van der Waals surface area contributed by atoms with E-state index >= 15 is 0 Å². The van der Waals surface area contributed by atoms with Crippen LogP contribution in [0.3, 0.4) is 0 Å². The molecular weight excluding hydrogens is 430 g/mol. The van der Waals surface area contributed by atoms with Crippen molar-refractivity contribution in [2.24, 2.45) is 11.8 Å². The largest absolute Gasteiger partial charge is 0.550 e. The molecule has 2 aromatic carbocycles. The molecule has 166 valence electrons. The van der Waals surface area contributed by atoms with Crippen LogP contribution in [0, 0.1) is 11.8 Å². The number of hydrogen-bond acceptors (Lipinski definition) is 7. The molecule has 1 N–H and O–H groups in total. The predicted molar refractivity (Wildman–Crippen MR) is 107 cm³/mol. The number of carboxylic acid groups (broad SMARTS) is 2. The number of nitrogens with zero attached hydrogens (tertiary/aromatic N) is 1. The molecular formula is C24H17NO8. The van der Waals surface area contributed by atoms with Crippen LogP contribution in [0.15, 0.2) is 36.5 Å². The van der Waals surface area contributed by atoms with Crippen LogP contribution < -0.4 is 28.6 Å². The summed E-state index contributed by atoms with van der Waals surface area (Å²) in [4.78, 5) is 25.1. The molecule has 0 saturated carbocycles. The molecule has 0 spiro atoms. The minimum Gasteiger partial charge on any atom is -0.550 e. The number of aromatic nitrogens is 1. The normalized spacial score (nSPS) is 27.4. The molecule has 0 fully saturated rings. The smallest absolute Gasteiger partial charge is 0.314 e. The first kappa shape index (κ1) is 18.6. The van der Waals surface area contributed by atoms with Gasteiger partial charge in [-0.25, -0.2) is 0 Å². The molecule has 5 aliphatic rings. The molecule has 9 heteroatoms. The number of hydrogen-bond donors (Lipinski definition) is 1. The van der Waals surface area contributed by atoms with Gasteiger partial charge in [-0.2, -0.15) is 4.57 Å². The Bertz CT molecular complexity index is 1430. The Labute approximate surface area is 186 Å². The summed E-state index contributed by atoms with van der Waals surface area (Å²) in [6.07, 6.45) is 1.81. The van der Waals surface area contributed by atoms with Gasteiger partial charge in [-0.3, -0.25) is 4.79 Å². The average molecular weight is 447 g/mol. The fourth-order valence-electron chi connectivity index (χ4n) is 6.33. The third-order valence-corrected chi connectivity index (χ3v) is 7.56. The number of carbonyl (C=O) groups is 2. The molecule has 5 heterocycles. The van der Waals surface area contributed by atoms with Gasteiger partial charge in [0, 0.05) is 18.0 Å². The first-order chi connectivity index (χ1) is 15.9. The number of benzene rings is 2. The maximum Gasteiger partial charge on any atom is 0.314 e. The van der Waals surface area contributed by atoms with Crippen molar-refractivity contribution in [2.75, 3.05) is 13.6 Å². The predicted octanol–water partition coefficient (Wildman–Crippen LogP) is 0.874. The van der Waals surface area contributed by atoms with Crippen molar-refractivity contribution in [3.63, 3.8) is 0 Å². The van der Waals surface area contributed by atoms with E-state index in [9.17, 15) is 19.8 Å². The van der Waals surface area contributed by atoms with Crippen molar-refractivity contribution in [1.29, 1.82) is 0 Å². The summed E-state index contributed by atoms with van der Waals surface area (Å²) in [5.41, 5.74) is 0.824. The van der Waals surface area contributed by atoms with Crippen molar-refractivity contribution >= 4 is 22.7 Å². The number of aliphatic carboxylic acids is 2. The van der Waals surface area contributed by atoms with Crippen LogP contribution in [-0.2, 0) is 15.0 Å². The van der Waals surface area contributed by atoms with Crippen molar-refractivity contribution in [2.45, 2.75) is 18.4 Å². The third-order valence-electron chi connectivity index (χ3n) is 7.56. The lowest BCUT2D eigenvalue weighted by Gasteiger charge is -2.51. The topological polar surface area (TPSA) is 118 Å². The molecule has 33 heavy (non-hydrogen) atoms. The van der Waals surface area contributed by atoms with Crippen LogP contribution in [0.4, 0.5) is 0 Å². The summed E-state index contributed by atoms with van der Waals surface area (Å²) >= 11 is 0. The van der Waals surface area contributed by atoms with Crippen molar-refractivity contribution in [3.8, 4) is 23.0 Å². The number of ether oxygens (including phenoxy) is 4. The van der Waals surface area contributed by atoms with Crippen LogP contribution in [-0.4, -0.2) is 30.6 Å². The Kier molecular flexibility index (Phi) is 3.29. The molecule has 0 unspecified atom stereocenters. The van der Waals surface area contributed by atoms with E-state index in [1.165, 1.54) is 0 Å². The van der Waals surface area contributed by atoms with Crippen LogP contribution in [0.2, 0.25) is 0 Å². The fraction of sp³-hybridized carbons (Fsp3) is 0.292. The summed E-state index contributed by atoms with van der Waals surface area (Å²) in [6, 6.07) is 8.32. The highest BCUT2D eigenvalue weighted by Gasteiger charge is 2.67. The Balaban J connectivity index is 1.64. The van der Waals surface area contributed by atoms with E-state index in [0.29, 0.717) is 39.8 Å². The van der Waals surface area contributed by atoms with Gasteiger partial charge in [0.2, 0.25) is 25.3 Å². The summed E-state index contributed by atoms with van der Waals surface area (Å²) in [5.74, 6) is -3.00. The van der Waals surface area contributed by atoms with E-state index in [0.717, 1.165) is 10.8 Å². The van der Waals surface area contributed by atoms with Gasteiger partial charge in [0.1, 0.15) is 5.92 Å². The molecule has 1 aliphatic carbocycles. The molecule has 0 amide bonds. The fourth-order valence-corrected chi connectivity index (χ4v) is 6.33. The summed E-state index contributed by atoms with van der Waals surface area (Å²) < 4.78 is 24.3. The second-order valence-electron chi connectivity index (χ2n) is 8.93. The number of carbonyl (C=O) groups excluding carboxylic acids is 1. The molecule has 1 aromatic heterocycles.